The molecule has 20 heavy (non-hydrogen) atoms. The van der Waals surface area contributed by atoms with E-state index in [9.17, 15) is 4.79 Å². The van der Waals surface area contributed by atoms with Crippen LogP contribution in [0.15, 0.2) is 24.3 Å². The summed E-state index contributed by atoms with van der Waals surface area (Å²) in [6, 6.07) is 8.27. The van der Waals surface area contributed by atoms with Crippen LogP contribution in [0.1, 0.15) is 56.0 Å². The second-order valence-corrected chi connectivity index (χ2v) is 7.37. The Kier molecular flexibility index (Phi) is 4.90. The van der Waals surface area contributed by atoms with Gasteiger partial charge in [0.2, 0.25) is 0 Å². The van der Waals surface area contributed by atoms with Crippen LogP contribution in [0.5, 0.6) is 0 Å². The summed E-state index contributed by atoms with van der Waals surface area (Å²) in [7, 11) is 0. The fourth-order valence-electron chi connectivity index (χ4n) is 2.99. The van der Waals surface area contributed by atoms with Crippen molar-refractivity contribution in [3.8, 4) is 0 Å². The van der Waals surface area contributed by atoms with Gasteiger partial charge in [-0.05, 0) is 35.8 Å². The molecule has 3 heteroatoms. The van der Waals surface area contributed by atoms with Crippen molar-refractivity contribution in [2.75, 3.05) is 5.33 Å². The fraction of sp³-hybridized carbons (Fsp3) is 0.588. The van der Waals surface area contributed by atoms with E-state index in [-0.39, 0.29) is 11.3 Å². The molecule has 0 heterocycles. The highest BCUT2D eigenvalue weighted by atomic mass is 79.9. The smallest absolute Gasteiger partial charge is 0.251 e. The number of carbonyl (C=O) groups is 1. The van der Waals surface area contributed by atoms with E-state index in [1.807, 2.05) is 18.2 Å². The number of alkyl halides is 1. The first-order valence-electron chi connectivity index (χ1n) is 7.40. The molecule has 1 fully saturated rings. The first-order chi connectivity index (χ1) is 9.43. The summed E-state index contributed by atoms with van der Waals surface area (Å²) in [5.74, 6) is 0.647. The summed E-state index contributed by atoms with van der Waals surface area (Å²) < 4.78 is 0. The number of benzene rings is 1. The van der Waals surface area contributed by atoms with Crippen LogP contribution in [0.2, 0.25) is 0 Å². The van der Waals surface area contributed by atoms with Crippen molar-refractivity contribution in [2.45, 2.75) is 51.5 Å². The highest BCUT2D eigenvalue weighted by Gasteiger charge is 2.29. The van der Waals surface area contributed by atoms with E-state index in [4.69, 9.17) is 0 Å². The Morgan fingerprint density at radius 2 is 2.00 bits per heavy atom. The third-order valence-electron chi connectivity index (χ3n) is 4.15. The zero-order chi connectivity index (χ0) is 14.8. The minimum atomic E-state index is -0.0154. The van der Waals surface area contributed by atoms with Gasteiger partial charge in [-0.2, -0.15) is 0 Å². The van der Waals surface area contributed by atoms with Gasteiger partial charge in [0.15, 0.2) is 0 Å². The third kappa shape index (κ3) is 3.43. The Morgan fingerprint density at radius 1 is 1.30 bits per heavy atom. The Labute approximate surface area is 130 Å². The number of halogens is 1. The summed E-state index contributed by atoms with van der Waals surface area (Å²) in [6.45, 7) is 6.45. The van der Waals surface area contributed by atoms with Gasteiger partial charge in [-0.25, -0.2) is 0 Å². The monoisotopic (exact) mass is 337 g/mol. The van der Waals surface area contributed by atoms with Crippen LogP contribution in [-0.2, 0) is 5.41 Å². The Bertz CT molecular complexity index is 478. The number of carbonyl (C=O) groups excluding carboxylic acids is 1. The average Bonchev–Trinajstić information content (AvgIpc) is 2.85. The second-order valence-electron chi connectivity index (χ2n) is 6.72. The predicted octanol–water partition coefficient (Wildman–Crippen LogP) is 4.28. The molecule has 110 valence electrons. The molecule has 1 aliphatic carbocycles. The van der Waals surface area contributed by atoms with E-state index in [0.29, 0.717) is 12.0 Å². The highest BCUT2D eigenvalue weighted by molar-refractivity contribution is 9.09. The molecule has 1 N–H and O–H groups in total. The van der Waals surface area contributed by atoms with Crippen molar-refractivity contribution < 1.29 is 4.79 Å². The van der Waals surface area contributed by atoms with Crippen LogP contribution in [0.25, 0.3) is 0 Å². The minimum absolute atomic E-state index is 0.0154. The van der Waals surface area contributed by atoms with E-state index in [1.165, 1.54) is 12.8 Å². The van der Waals surface area contributed by atoms with Gasteiger partial charge in [0.1, 0.15) is 0 Å². The van der Waals surface area contributed by atoms with E-state index in [1.54, 1.807) is 0 Å². The maximum absolute atomic E-state index is 12.6. The van der Waals surface area contributed by atoms with Gasteiger partial charge >= 0.3 is 0 Å². The van der Waals surface area contributed by atoms with Crippen molar-refractivity contribution in [1.82, 2.24) is 5.32 Å². The molecule has 1 amide bonds. The first-order valence-corrected chi connectivity index (χ1v) is 8.52. The molecule has 0 bridgehead atoms. The third-order valence-corrected chi connectivity index (χ3v) is 4.99. The molecule has 1 aromatic carbocycles. The quantitative estimate of drug-likeness (QED) is 0.819. The van der Waals surface area contributed by atoms with E-state index in [0.717, 1.165) is 22.9 Å². The summed E-state index contributed by atoms with van der Waals surface area (Å²) in [4.78, 5) is 12.6. The topological polar surface area (TPSA) is 29.1 Å². The highest BCUT2D eigenvalue weighted by Crippen LogP contribution is 2.29. The zero-order valence-corrected chi connectivity index (χ0v) is 14.2. The van der Waals surface area contributed by atoms with Gasteiger partial charge in [-0.1, -0.05) is 61.3 Å². The Hall–Kier alpha value is -0.830. The molecule has 1 aliphatic rings. The molecule has 0 radical (unpaired) electrons. The Morgan fingerprint density at radius 3 is 2.65 bits per heavy atom. The molecule has 2 rings (SSSR count). The van der Waals surface area contributed by atoms with Crippen LogP contribution in [0.3, 0.4) is 0 Å². The first kappa shape index (κ1) is 15.6. The molecule has 0 aliphatic heterocycles. The van der Waals surface area contributed by atoms with Gasteiger partial charge in [0.05, 0.1) is 0 Å². The van der Waals surface area contributed by atoms with E-state index < -0.39 is 0 Å². The molecule has 2 atom stereocenters. The van der Waals surface area contributed by atoms with Gasteiger partial charge in [-0.3, -0.25) is 4.79 Å². The molecule has 0 aromatic heterocycles. The SMILES string of the molecule is CC(C)(C)c1ccccc1C(=O)NC1CCCC1CBr. The fourth-order valence-corrected chi connectivity index (χ4v) is 3.77. The van der Waals surface area contributed by atoms with Gasteiger partial charge in [0, 0.05) is 16.9 Å². The molecule has 2 unspecified atom stereocenters. The van der Waals surface area contributed by atoms with Crippen LogP contribution in [0.4, 0.5) is 0 Å². The summed E-state index contributed by atoms with van der Waals surface area (Å²) in [5, 5.41) is 4.21. The molecule has 0 spiro atoms. The molecule has 1 aromatic rings. The summed E-state index contributed by atoms with van der Waals surface area (Å²) in [6.07, 6.45) is 3.51. The lowest BCUT2D eigenvalue weighted by Gasteiger charge is -2.24. The lowest BCUT2D eigenvalue weighted by Crippen LogP contribution is -2.38. The van der Waals surface area contributed by atoms with Crippen molar-refractivity contribution >= 4 is 21.8 Å². The standard InChI is InChI=1S/C17H24BrNO/c1-17(2,3)14-9-5-4-8-13(14)16(20)19-15-10-6-7-12(15)11-18/h4-5,8-9,12,15H,6-7,10-11H2,1-3H3,(H,19,20). The van der Waals surface area contributed by atoms with Crippen LogP contribution >= 0.6 is 15.9 Å². The van der Waals surface area contributed by atoms with Crippen molar-refractivity contribution in [3.05, 3.63) is 35.4 Å². The maximum Gasteiger partial charge on any atom is 0.251 e. The molecule has 1 saturated carbocycles. The van der Waals surface area contributed by atoms with E-state index in [2.05, 4.69) is 48.1 Å². The normalized spacial score (nSPS) is 22.8. The molecule has 2 nitrogen and oxygen atoms in total. The van der Waals surface area contributed by atoms with Gasteiger partial charge in [-0.15, -0.1) is 0 Å². The van der Waals surface area contributed by atoms with Crippen molar-refractivity contribution in [2.24, 2.45) is 5.92 Å². The molecular weight excluding hydrogens is 314 g/mol. The summed E-state index contributed by atoms with van der Waals surface area (Å²) in [5.41, 5.74) is 1.92. The lowest BCUT2D eigenvalue weighted by molar-refractivity contribution is 0.0928. The number of hydrogen-bond donors (Lipinski definition) is 1. The van der Waals surface area contributed by atoms with Crippen LogP contribution in [0, 0.1) is 5.92 Å². The summed E-state index contributed by atoms with van der Waals surface area (Å²) >= 11 is 3.56. The van der Waals surface area contributed by atoms with Crippen LogP contribution in [-0.4, -0.2) is 17.3 Å². The number of nitrogens with one attached hydrogen (secondary N) is 1. The lowest BCUT2D eigenvalue weighted by atomic mass is 9.83. The van der Waals surface area contributed by atoms with Gasteiger partial charge < -0.3 is 5.32 Å². The Balaban J connectivity index is 2.18. The molecular formula is C17H24BrNO. The number of rotatable bonds is 3. The van der Waals surface area contributed by atoms with Crippen LogP contribution < -0.4 is 5.32 Å². The number of hydrogen-bond acceptors (Lipinski definition) is 1. The zero-order valence-electron chi connectivity index (χ0n) is 12.6. The van der Waals surface area contributed by atoms with Crippen molar-refractivity contribution in [3.63, 3.8) is 0 Å². The molecule has 0 saturated heterocycles. The maximum atomic E-state index is 12.6. The number of amides is 1. The minimum Gasteiger partial charge on any atom is -0.349 e. The largest absolute Gasteiger partial charge is 0.349 e. The predicted molar refractivity (Wildman–Crippen MR) is 87.5 cm³/mol. The van der Waals surface area contributed by atoms with Gasteiger partial charge in [0.25, 0.3) is 5.91 Å². The average molecular weight is 338 g/mol. The van der Waals surface area contributed by atoms with Crippen molar-refractivity contribution in [1.29, 1.82) is 0 Å². The van der Waals surface area contributed by atoms with E-state index >= 15 is 0 Å². The second kappa shape index (κ2) is 6.30.